The van der Waals surface area contributed by atoms with E-state index >= 15 is 0 Å². The molecular formula is C31H34BrCl2MgN7O2S2. The van der Waals surface area contributed by atoms with E-state index in [1.807, 2.05) is 36.9 Å². The number of nitrogens with one attached hydrogen (secondary N) is 3. The van der Waals surface area contributed by atoms with E-state index in [0.717, 1.165) is 29.8 Å². The van der Waals surface area contributed by atoms with Gasteiger partial charge in [0.1, 0.15) is 5.84 Å². The molecule has 4 aromatic rings. The van der Waals surface area contributed by atoms with E-state index in [1.54, 1.807) is 32.0 Å². The minimum Gasteiger partial charge on any atom is -1.00 e. The van der Waals surface area contributed by atoms with Gasteiger partial charge in [0, 0.05) is 63.7 Å². The van der Waals surface area contributed by atoms with Gasteiger partial charge in [-0.2, -0.15) is 5.26 Å². The monoisotopic (exact) mass is 773 g/mol. The number of aryl methyl sites for hydroxylation is 2. The van der Waals surface area contributed by atoms with Gasteiger partial charge in [0.2, 0.25) is 0 Å². The van der Waals surface area contributed by atoms with Gasteiger partial charge in [-0.05, 0) is 57.0 Å². The van der Waals surface area contributed by atoms with Crippen LogP contribution < -0.4 is 28.1 Å². The number of aromatic nitrogens is 4. The molecule has 0 spiro atoms. The van der Waals surface area contributed by atoms with Crippen molar-refractivity contribution in [3.05, 3.63) is 120 Å². The van der Waals surface area contributed by atoms with Crippen LogP contribution in [-0.4, -0.2) is 66.8 Å². The van der Waals surface area contributed by atoms with Crippen molar-refractivity contribution in [1.29, 1.82) is 10.7 Å². The van der Waals surface area contributed by atoms with Crippen LogP contribution in [0.15, 0.2) is 68.4 Å². The summed E-state index contributed by atoms with van der Waals surface area (Å²) in [7, 11) is 0. The largest absolute Gasteiger partial charge is 2.00 e. The van der Waals surface area contributed by atoms with Gasteiger partial charge >= 0.3 is 23.1 Å². The SMILES string of the molecule is CCN(CC)C(=N)c1cccc(Cl)c1CSc1nc(C)cc(=O)[nH]1.Cc1cc(=O)[nH]c(SCc2c(Cl)cccc2C#N)n1.[Br-].[CH3-].[Mg+2]. The van der Waals surface area contributed by atoms with E-state index in [4.69, 9.17) is 33.9 Å². The molecule has 2 aromatic carbocycles. The van der Waals surface area contributed by atoms with Crippen molar-refractivity contribution in [2.45, 2.75) is 49.5 Å². The Morgan fingerprint density at radius 3 is 1.80 bits per heavy atom. The van der Waals surface area contributed by atoms with Gasteiger partial charge in [0.25, 0.3) is 11.1 Å². The van der Waals surface area contributed by atoms with Crippen LogP contribution >= 0.6 is 46.7 Å². The summed E-state index contributed by atoms with van der Waals surface area (Å²) < 4.78 is 0. The maximum Gasteiger partial charge on any atom is 2.00 e. The topological polar surface area (TPSA) is 142 Å². The van der Waals surface area contributed by atoms with Gasteiger partial charge in [0.15, 0.2) is 10.3 Å². The summed E-state index contributed by atoms with van der Waals surface area (Å²) in [5.41, 5.74) is 3.96. The molecule has 0 aliphatic carbocycles. The quantitative estimate of drug-likeness (QED) is 0.0585. The molecule has 0 aliphatic rings. The Hall–Kier alpha value is -2.31. The number of benzene rings is 2. The summed E-state index contributed by atoms with van der Waals surface area (Å²) in [6.07, 6.45) is 0. The van der Waals surface area contributed by atoms with Crippen molar-refractivity contribution in [2.24, 2.45) is 0 Å². The van der Waals surface area contributed by atoms with E-state index in [2.05, 4.69) is 26.0 Å². The fraction of sp³-hybridized carbons (Fsp3) is 0.258. The molecule has 2 aromatic heterocycles. The molecule has 0 fully saturated rings. The first-order valence-corrected chi connectivity index (χ1v) is 16.0. The van der Waals surface area contributed by atoms with Gasteiger partial charge in [-0.25, -0.2) is 9.97 Å². The Bertz CT molecular complexity index is 1760. The summed E-state index contributed by atoms with van der Waals surface area (Å²) in [6.45, 7) is 9.13. The number of aromatic amines is 2. The summed E-state index contributed by atoms with van der Waals surface area (Å²) >= 11 is 15.2. The van der Waals surface area contributed by atoms with Crippen LogP contribution in [-0.2, 0) is 11.5 Å². The minimum atomic E-state index is -0.185. The number of H-pyrrole nitrogens is 2. The van der Waals surface area contributed by atoms with Gasteiger partial charge in [-0.3, -0.25) is 15.0 Å². The van der Waals surface area contributed by atoms with E-state index in [0.29, 0.717) is 54.7 Å². The van der Waals surface area contributed by atoms with Gasteiger partial charge in [-0.1, -0.05) is 64.9 Å². The standard InChI is InChI=1S/C17H21ClN4OS.C13H10ClN3OS.CH3.BrH.Mg/c1-4-22(5-2)16(19)12-7-6-8-14(18)13(12)10-24-17-20-11(3)9-15(23)21-17;1-8-5-12(18)17-13(16-8)19-7-10-9(6-15)3-2-4-11(10)14;;;/h6-9,19H,4-5,10H2,1-3H3,(H,20,21,23);2-5H,7H2,1H3,(H,16,17,18);1H3;1H;/q;;-1;;+2/p-1. The van der Waals surface area contributed by atoms with Crippen molar-refractivity contribution in [3.63, 3.8) is 0 Å². The predicted octanol–water partition coefficient (Wildman–Crippen LogP) is 3.66. The van der Waals surface area contributed by atoms with Crippen molar-refractivity contribution >= 4 is 75.6 Å². The van der Waals surface area contributed by atoms with Crippen LogP contribution in [0, 0.1) is 38.0 Å². The van der Waals surface area contributed by atoms with Gasteiger partial charge in [0.05, 0.1) is 11.6 Å². The summed E-state index contributed by atoms with van der Waals surface area (Å²) in [4.78, 5) is 38.8. The predicted molar refractivity (Wildman–Crippen MR) is 188 cm³/mol. The molecule has 0 unspecified atom stereocenters. The Kier molecular flexibility index (Phi) is 20.5. The number of nitrogens with zero attached hydrogens (tertiary/aromatic N) is 4. The number of rotatable bonds is 9. The maximum atomic E-state index is 11.6. The third-order valence-electron chi connectivity index (χ3n) is 6.10. The van der Waals surface area contributed by atoms with Crippen LogP contribution in [0.2, 0.25) is 10.0 Å². The zero-order chi connectivity index (χ0) is 31.5. The molecule has 240 valence electrons. The first-order chi connectivity index (χ1) is 20.6. The molecule has 3 N–H and O–H groups in total. The molecule has 0 bridgehead atoms. The van der Waals surface area contributed by atoms with Crippen LogP contribution in [0.3, 0.4) is 0 Å². The molecule has 9 nitrogen and oxygen atoms in total. The number of amidine groups is 1. The van der Waals surface area contributed by atoms with E-state index in [1.165, 1.54) is 35.7 Å². The minimum absolute atomic E-state index is 0. The average molecular weight is 776 g/mol. The van der Waals surface area contributed by atoms with Gasteiger partial charge in [-0.15, -0.1) is 0 Å². The second-order valence-electron chi connectivity index (χ2n) is 9.13. The molecular weight excluding hydrogens is 742 g/mol. The fourth-order valence-corrected chi connectivity index (χ4v) is 6.56. The molecule has 0 amide bonds. The third kappa shape index (κ3) is 12.7. The second-order valence-corrected chi connectivity index (χ2v) is 11.9. The number of hydrogen-bond acceptors (Lipinski definition) is 8. The number of hydrogen-bond donors (Lipinski definition) is 3. The van der Waals surface area contributed by atoms with Crippen LogP contribution in [0.5, 0.6) is 0 Å². The van der Waals surface area contributed by atoms with Crippen molar-refractivity contribution in [1.82, 2.24) is 24.8 Å². The summed E-state index contributed by atoms with van der Waals surface area (Å²) in [5, 5.41) is 19.7. The molecule has 2 heterocycles. The summed E-state index contributed by atoms with van der Waals surface area (Å²) in [5.74, 6) is 1.48. The second kappa shape index (κ2) is 21.5. The first kappa shape index (κ1) is 43.7. The van der Waals surface area contributed by atoms with Crippen LogP contribution in [0.4, 0.5) is 0 Å². The molecule has 15 heteroatoms. The molecule has 0 saturated carbocycles. The Balaban J connectivity index is 0.000000845. The smallest absolute Gasteiger partial charge is 1.00 e. The normalized spacial score (nSPS) is 9.76. The first-order valence-electron chi connectivity index (χ1n) is 13.3. The molecule has 0 saturated heterocycles. The Morgan fingerprint density at radius 1 is 0.891 bits per heavy atom. The van der Waals surface area contributed by atoms with E-state index in [-0.39, 0.29) is 58.6 Å². The van der Waals surface area contributed by atoms with E-state index < -0.39 is 0 Å². The molecule has 0 aliphatic heterocycles. The Morgan fingerprint density at radius 2 is 1.35 bits per heavy atom. The van der Waals surface area contributed by atoms with Crippen molar-refractivity contribution < 1.29 is 17.0 Å². The number of halogens is 3. The molecule has 0 atom stereocenters. The van der Waals surface area contributed by atoms with E-state index in [9.17, 15) is 9.59 Å². The zero-order valence-electron chi connectivity index (χ0n) is 26.2. The summed E-state index contributed by atoms with van der Waals surface area (Å²) in [6, 6.07) is 15.8. The van der Waals surface area contributed by atoms with Crippen LogP contribution in [0.25, 0.3) is 0 Å². The zero-order valence-corrected chi connectivity index (χ0v) is 32.4. The number of nitriles is 1. The van der Waals surface area contributed by atoms with Gasteiger partial charge < -0.3 is 39.3 Å². The maximum absolute atomic E-state index is 11.6. The van der Waals surface area contributed by atoms with Crippen molar-refractivity contribution in [3.8, 4) is 6.07 Å². The Labute approximate surface area is 314 Å². The molecule has 0 radical (unpaired) electrons. The van der Waals surface area contributed by atoms with Crippen molar-refractivity contribution in [2.75, 3.05) is 13.1 Å². The molecule has 4 rings (SSSR count). The molecule has 46 heavy (non-hydrogen) atoms. The number of thioether (sulfide) groups is 2. The average Bonchev–Trinajstić information content (AvgIpc) is 2.95. The van der Waals surface area contributed by atoms with Crippen LogP contribution in [0.1, 0.15) is 47.5 Å². The fourth-order valence-electron chi connectivity index (χ4n) is 3.97. The third-order valence-corrected chi connectivity index (χ3v) is 8.60.